The lowest BCUT2D eigenvalue weighted by atomic mass is 9.88. The predicted molar refractivity (Wildman–Crippen MR) is 216 cm³/mol. The number of hydrogen-bond donors (Lipinski definition) is 3. The van der Waals surface area contributed by atoms with Gasteiger partial charge in [-0.2, -0.15) is 0 Å². The Labute approximate surface area is 332 Å². The van der Waals surface area contributed by atoms with Gasteiger partial charge >= 0.3 is 0 Å². The molecule has 2 saturated heterocycles. The minimum absolute atomic E-state index is 0.000717. The number of amides is 4. The Morgan fingerprint density at radius 2 is 1.78 bits per heavy atom. The highest BCUT2D eigenvalue weighted by atomic mass is 32.1. The van der Waals surface area contributed by atoms with Crippen LogP contribution in [-0.2, 0) is 35.1 Å². The van der Waals surface area contributed by atoms with Crippen LogP contribution < -0.4 is 16.0 Å². The van der Waals surface area contributed by atoms with E-state index in [-0.39, 0.29) is 54.0 Å². The predicted octanol–water partition coefficient (Wildman–Crippen LogP) is 5.14. The lowest BCUT2D eigenvalue weighted by Gasteiger charge is -2.41. The lowest BCUT2D eigenvalue weighted by molar-refractivity contribution is -0.148. The second kappa shape index (κ2) is 20.7. The van der Waals surface area contributed by atoms with Crippen molar-refractivity contribution in [3.05, 3.63) is 52.5 Å². The first-order valence-corrected chi connectivity index (χ1v) is 21.1. The Morgan fingerprint density at radius 3 is 2.36 bits per heavy atom. The average Bonchev–Trinajstić information content (AvgIpc) is 3.90. The number of likely N-dealkylation sites (tertiary alicyclic amines) is 1. The van der Waals surface area contributed by atoms with Crippen molar-refractivity contribution >= 4 is 35.0 Å². The number of ether oxygens (including phenoxy) is 2. The Hall–Kier alpha value is -3.39. The fourth-order valence-electron chi connectivity index (χ4n) is 8.35. The molecule has 55 heavy (non-hydrogen) atoms. The van der Waals surface area contributed by atoms with Crippen LogP contribution in [0.5, 0.6) is 0 Å². The molecule has 0 saturated carbocycles. The third kappa shape index (κ3) is 11.1. The molecule has 0 bridgehead atoms. The van der Waals surface area contributed by atoms with Crippen molar-refractivity contribution in [1.29, 1.82) is 0 Å². The summed E-state index contributed by atoms with van der Waals surface area (Å²) in [4.78, 5) is 64.1. The number of nitrogens with zero attached hydrogens (tertiary/aromatic N) is 3. The van der Waals surface area contributed by atoms with Gasteiger partial charge in [-0.25, -0.2) is 4.98 Å². The van der Waals surface area contributed by atoms with Gasteiger partial charge in [0.05, 0.1) is 48.2 Å². The normalized spacial score (nSPS) is 22.6. The largest absolute Gasteiger partial charge is 0.379 e. The summed E-state index contributed by atoms with van der Waals surface area (Å²) in [5.74, 6) is -1.34. The Morgan fingerprint density at radius 1 is 1.05 bits per heavy atom. The third-order valence-corrected chi connectivity index (χ3v) is 12.8. The molecule has 2 aliphatic heterocycles. The van der Waals surface area contributed by atoms with Crippen LogP contribution in [0.25, 0.3) is 0 Å². The molecule has 306 valence electrons. The van der Waals surface area contributed by atoms with Gasteiger partial charge in [-0.05, 0) is 69.4 Å². The van der Waals surface area contributed by atoms with Gasteiger partial charge in [-0.15, -0.1) is 11.3 Å². The van der Waals surface area contributed by atoms with Crippen molar-refractivity contribution in [2.45, 2.75) is 135 Å². The van der Waals surface area contributed by atoms with Gasteiger partial charge in [-0.1, -0.05) is 71.4 Å². The highest BCUT2D eigenvalue weighted by molar-refractivity contribution is 7.09. The molecular weight excluding hydrogens is 717 g/mol. The number of carbonyl (C=O) groups is 4. The van der Waals surface area contributed by atoms with Crippen LogP contribution in [0.4, 0.5) is 0 Å². The first kappa shape index (κ1) is 44.3. The summed E-state index contributed by atoms with van der Waals surface area (Å²) in [6.45, 7) is 13.1. The number of carbonyl (C=O) groups excluding carboxylic acids is 4. The van der Waals surface area contributed by atoms with Gasteiger partial charge in [-0.3, -0.25) is 19.2 Å². The minimum atomic E-state index is -0.737. The average molecular weight is 783 g/mol. The number of aromatic nitrogens is 1. The molecule has 1 aromatic heterocycles. The van der Waals surface area contributed by atoms with E-state index >= 15 is 0 Å². The van der Waals surface area contributed by atoms with E-state index in [0.717, 1.165) is 42.8 Å². The van der Waals surface area contributed by atoms with E-state index in [1.807, 2.05) is 68.3 Å². The molecule has 3 heterocycles. The van der Waals surface area contributed by atoms with E-state index < -0.39 is 35.7 Å². The molecule has 3 N–H and O–H groups in total. The summed E-state index contributed by atoms with van der Waals surface area (Å²) < 4.78 is 12.1. The fraction of sp³-hybridized carbons (Fsp3) is 0.690. The third-order valence-electron chi connectivity index (χ3n) is 11.9. The highest BCUT2D eigenvalue weighted by Gasteiger charge is 2.44. The number of benzene rings is 1. The number of methoxy groups -OCH3 is 2. The van der Waals surface area contributed by atoms with Crippen LogP contribution >= 0.6 is 11.3 Å². The summed E-state index contributed by atoms with van der Waals surface area (Å²) in [5, 5.41) is 12.4. The molecule has 0 aliphatic carbocycles. The maximum atomic E-state index is 14.3. The van der Waals surface area contributed by atoms with Gasteiger partial charge < -0.3 is 35.2 Å². The number of hydrogen-bond acceptors (Lipinski definition) is 9. The number of nitrogens with one attached hydrogen (secondary N) is 3. The van der Waals surface area contributed by atoms with Crippen molar-refractivity contribution in [2.24, 2.45) is 17.8 Å². The number of rotatable bonds is 19. The minimum Gasteiger partial charge on any atom is -0.379 e. The van der Waals surface area contributed by atoms with Crippen LogP contribution in [0.3, 0.4) is 0 Å². The SMILES string of the molecule is CC[C@H](C)C(C(CC(=O)N1CCC[C@H]1[C@H](OC)[C@@H](C)C(=O)N[C@@H](Cc1ccccc1)c1nccs1)OC)N(C)C(=O)[C@@H](NC(=O)[C@]1(C)CCCCN1)C(C)C. The van der Waals surface area contributed by atoms with E-state index in [0.29, 0.717) is 25.8 Å². The van der Waals surface area contributed by atoms with Crippen molar-refractivity contribution in [2.75, 3.05) is 34.4 Å². The molecule has 4 rings (SSSR count). The van der Waals surface area contributed by atoms with E-state index in [9.17, 15) is 19.2 Å². The van der Waals surface area contributed by atoms with E-state index in [2.05, 4.69) is 34.8 Å². The molecule has 2 unspecified atom stereocenters. The zero-order valence-corrected chi connectivity index (χ0v) is 35.3. The number of likely N-dealkylation sites (N-methyl/N-ethyl adjacent to an activating group) is 1. The Bertz CT molecular complexity index is 1520. The Kier molecular flexibility index (Phi) is 16.7. The first-order chi connectivity index (χ1) is 26.3. The quantitative estimate of drug-likeness (QED) is 0.178. The molecule has 12 nitrogen and oxygen atoms in total. The summed E-state index contributed by atoms with van der Waals surface area (Å²) >= 11 is 1.51. The zero-order valence-electron chi connectivity index (χ0n) is 34.5. The van der Waals surface area contributed by atoms with E-state index in [1.54, 1.807) is 32.4 Å². The van der Waals surface area contributed by atoms with Gasteiger partial charge in [0.2, 0.25) is 23.6 Å². The number of piperidine rings is 1. The molecule has 4 amide bonds. The van der Waals surface area contributed by atoms with Crippen LogP contribution in [0, 0.1) is 17.8 Å². The zero-order chi connectivity index (χ0) is 40.3. The number of thiazole rings is 1. The van der Waals surface area contributed by atoms with Crippen molar-refractivity contribution < 1.29 is 28.7 Å². The van der Waals surface area contributed by atoms with Crippen LogP contribution in [0.1, 0.15) is 103 Å². The molecule has 0 spiro atoms. The van der Waals surface area contributed by atoms with Gasteiger partial charge in [0.25, 0.3) is 0 Å². The summed E-state index contributed by atoms with van der Waals surface area (Å²) in [6, 6.07) is 8.25. The molecule has 0 radical (unpaired) electrons. The monoisotopic (exact) mass is 782 g/mol. The molecule has 1 aromatic carbocycles. The molecule has 2 aliphatic rings. The second-order valence-corrected chi connectivity index (χ2v) is 17.0. The maximum Gasteiger partial charge on any atom is 0.245 e. The van der Waals surface area contributed by atoms with Crippen molar-refractivity contribution in [3.8, 4) is 0 Å². The smallest absolute Gasteiger partial charge is 0.245 e. The standard InChI is InChI=1S/C42H66N6O6S/c1-10-28(4)36(47(7)40(51)35(27(2)3)46-41(52)42(6)20-14-15-21-44-42)33(53-8)26-34(49)48-23-16-19-32(48)37(54-9)29(5)38(50)45-31(39-43-22-24-55-39)25-30-17-12-11-13-18-30/h11-13,17-18,22,24,27-29,31-33,35-37,44H,10,14-16,19-21,23,25-26H2,1-9H3,(H,45,50)(H,46,52)/t28-,29+,31-,32-,33?,35-,36?,37+,42-/m0/s1. The topological polar surface area (TPSA) is 142 Å². The molecule has 2 fully saturated rings. The molecule has 2 aromatic rings. The first-order valence-electron chi connectivity index (χ1n) is 20.2. The van der Waals surface area contributed by atoms with Crippen LogP contribution in [0.15, 0.2) is 41.9 Å². The van der Waals surface area contributed by atoms with Crippen molar-refractivity contribution in [3.63, 3.8) is 0 Å². The molecule has 13 heteroatoms. The summed E-state index contributed by atoms with van der Waals surface area (Å²) in [5.41, 5.74) is 0.370. The van der Waals surface area contributed by atoms with E-state index in [1.165, 1.54) is 11.3 Å². The van der Waals surface area contributed by atoms with Gasteiger partial charge in [0.15, 0.2) is 0 Å². The second-order valence-electron chi connectivity index (χ2n) is 16.1. The Balaban J connectivity index is 1.47. The fourth-order valence-corrected chi connectivity index (χ4v) is 9.04. The molecule has 9 atom stereocenters. The van der Waals surface area contributed by atoms with Crippen molar-refractivity contribution in [1.82, 2.24) is 30.7 Å². The van der Waals surface area contributed by atoms with Gasteiger partial charge in [0, 0.05) is 39.4 Å². The summed E-state index contributed by atoms with van der Waals surface area (Å²) in [7, 11) is 4.95. The van der Waals surface area contributed by atoms with Gasteiger partial charge in [0.1, 0.15) is 11.0 Å². The maximum absolute atomic E-state index is 14.3. The van der Waals surface area contributed by atoms with Crippen LogP contribution in [0.2, 0.25) is 0 Å². The summed E-state index contributed by atoms with van der Waals surface area (Å²) in [6.07, 6.45) is 6.21. The van der Waals surface area contributed by atoms with E-state index in [4.69, 9.17) is 9.47 Å². The lowest BCUT2D eigenvalue weighted by Crippen LogP contribution is -2.63. The highest BCUT2D eigenvalue weighted by Crippen LogP contribution is 2.31. The van der Waals surface area contributed by atoms with Crippen LogP contribution in [-0.4, -0.2) is 109 Å². The molecular formula is C42H66N6O6S.